The number of halogens is 3. The van der Waals surface area contributed by atoms with Crippen molar-refractivity contribution < 1.29 is 18.7 Å². The molecule has 2 N–H and O–H groups in total. The van der Waals surface area contributed by atoms with Gasteiger partial charge in [-0.05, 0) is 31.0 Å². The van der Waals surface area contributed by atoms with Gasteiger partial charge < -0.3 is 20.3 Å². The molecule has 3 aliphatic rings. The van der Waals surface area contributed by atoms with E-state index >= 15 is 0 Å². The number of likely N-dealkylation sites (tertiary alicyclic amines) is 1. The van der Waals surface area contributed by atoms with Gasteiger partial charge in [0, 0.05) is 49.1 Å². The summed E-state index contributed by atoms with van der Waals surface area (Å²) in [5.74, 6) is -0.481. The lowest BCUT2D eigenvalue weighted by molar-refractivity contribution is 0.0297. The van der Waals surface area contributed by atoms with Crippen LogP contribution >= 0.6 is 34.5 Å². The molecule has 9 nitrogen and oxygen atoms in total. The number of amides is 2. The number of anilines is 1. The molecular formula is C26H21Cl2FN6O3S. The molecule has 2 aromatic heterocycles. The number of imidazole rings is 1. The van der Waals surface area contributed by atoms with E-state index in [0.29, 0.717) is 53.9 Å². The minimum absolute atomic E-state index is 0.101. The molecule has 39 heavy (non-hydrogen) atoms. The van der Waals surface area contributed by atoms with Gasteiger partial charge in [-0.1, -0.05) is 34.5 Å². The van der Waals surface area contributed by atoms with E-state index in [1.54, 1.807) is 24.5 Å². The van der Waals surface area contributed by atoms with Crippen molar-refractivity contribution in [3.8, 4) is 16.9 Å². The van der Waals surface area contributed by atoms with Crippen molar-refractivity contribution in [3.63, 3.8) is 0 Å². The van der Waals surface area contributed by atoms with Crippen LogP contribution in [0, 0.1) is 5.82 Å². The number of hydrogen-bond donors (Lipinski definition) is 1. The summed E-state index contributed by atoms with van der Waals surface area (Å²) in [5.41, 5.74) is 6.90. The second-order valence-corrected chi connectivity index (χ2v) is 11.9. The second kappa shape index (κ2) is 8.80. The van der Waals surface area contributed by atoms with Gasteiger partial charge in [-0.25, -0.2) is 19.2 Å². The lowest BCUT2D eigenvalue weighted by atomic mass is 9.82. The Morgan fingerprint density at radius 3 is 2.87 bits per heavy atom. The zero-order valence-corrected chi connectivity index (χ0v) is 22.7. The van der Waals surface area contributed by atoms with Crippen molar-refractivity contribution >= 4 is 61.8 Å². The van der Waals surface area contributed by atoms with Crippen LogP contribution in [-0.4, -0.2) is 67.6 Å². The molecule has 0 saturated carbocycles. The molecule has 2 fully saturated rings. The highest BCUT2D eigenvalue weighted by molar-refractivity contribution is 7.22. The number of benzene rings is 2. The third-order valence-electron chi connectivity index (χ3n) is 7.99. The summed E-state index contributed by atoms with van der Waals surface area (Å²) < 4.78 is 22.3. The molecule has 1 spiro atoms. The summed E-state index contributed by atoms with van der Waals surface area (Å²) in [4.78, 5) is 39.0. The Morgan fingerprint density at radius 1 is 1.28 bits per heavy atom. The third kappa shape index (κ3) is 3.63. The Bertz CT molecular complexity index is 1680. The number of nitrogen functional groups attached to an aromatic ring is 1. The number of hydrogen-bond acceptors (Lipinski definition) is 7. The van der Waals surface area contributed by atoms with E-state index < -0.39 is 11.4 Å². The molecule has 0 aliphatic carbocycles. The number of ether oxygens (including phenoxy) is 1. The van der Waals surface area contributed by atoms with Gasteiger partial charge in [0.25, 0.3) is 5.91 Å². The Balaban J connectivity index is 1.26. The van der Waals surface area contributed by atoms with E-state index in [-0.39, 0.29) is 44.5 Å². The van der Waals surface area contributed by atoms with Gasteiger partial charge in [0.1, 0.15) is 12.1 Å². The molecule has 200 valence electrons. The maximum absolute atomic E-state index is 14.4. The number of fused-ring (bicyclic) bond motifs is 3. The van der Waals surface area contributed by atoms with Crippen LogP contribution < -0.4 is 10.5 Å². The number of carbonyl (C=O) groups is 2. The molecule has 2 amide bonds. The Morgan fingerprint density at radius 2 is 2.13 bits per heavy atom. The summed E-state index contributed by atoms with van der Waals surface area (Å²) in [5, 5.41) is 0.576. The quantitative estimate of drug-likeness (QED) is 0.324. The van der Waals surface area contributed by atoms with Crippen molar-refractivity contribution in [1.29, 1.82) is 0 Å². The van der Waals surface area contributed by atoms with E-state index in [9.17, 15) is 14.0 Å². The van der Waals surface area contributed by atoms with Gasteiger partial charge in [-0.3, -0.25) is 9.36 Å². The Hall–Kier alpha value is -3.41. The number of rotatable bonds is 1. The summed E-state index contributed by atoms with van der Waals surface area (Å²) in [7, 11) is 0. The first-order chi connectivity index (χ1) is 18.8. The summed E-state index contributed by atoms with van der Waals surface area (Å²) in [6.07, 6.45) is 6.72. The van der Waals surface area contributed by atoms with Gasteiger partial charge in [-0.2, -0.15) is 0 Å². The zero-order chi connectivity index (χ0) is 27.1. The number of carbonyl (C=O) groups excluding carboxylic acids is 2. The van der Waals surface area contributed by atoms with Gasteiger partial charge in [0.15, 0.2) is 10.9 Å². The van der Waals surface area contributed by atoms with Crippen molar-refractivity contribution in [3.05, 3.63) is 58.3 Å². The van der Waals surface area contributed by atoms with Crippen LogP contribution in [0.1, 0.15) is 29.6 Å². The molecule has 2 atom stereocenters. The highest BCUT2D eigenvalue weighted by Gasteiger charge is 2.56. The molecular weight excluding hydrogens is 566 g/mol. The molecule has 5 heterocycles. The summed E-state index contributed by atoms with van der Waals surface area (Å²) >= 11 is 14.7. The van der Waals surface area contributed by atoms with Crippen LogP contribution in [0.2, 0.25) is 10.0 Å². The van der Waals surface area contributed by atoms with Crippen LogP contribution in [-0.2, 0) is 0 Å². The first-order valence-corrected chi connectivity index (χ1v) is 14.0. The van der Waals surface area contributed by atoms with Crippen LogP contribution in [0.4, 0.5) is 14.3 Å². The highest BCUT2D eigenvalue weighted by atomic mass is 35.5. The average Bonchev–Trinajstić information content (AvgIpc) is 3.64. The Labute approximate surface area is 235 Å². The van der Waals surface area contributed by atoms with Crippen molar-refractivity contribution in [1.82, 2.24) is 24.3 Å². The van der Waals surface area contributed by atoms with Crippen LogP contribution in [0.25, 0.3) is 21.3 Å². The number of nitrogens with two attached hydrogens (primary N) is 1. The van der Waals surface area contributed by atoms with Gasteiger partial charge in [-0.15, -0.1) is 0 Å². The third-order valence-corrected chi connectivity index (χ3v) is 9.55. The standard InChI is InChI=1S/C26H21Cl2FN6O3S/c27-16-9-15-21(19(28)18(16)14-1-2-17(29)22-20(14)32-24(30)39-22)38-8-3-13-10-26(11-34(13)23(15)36)4-6-35(26)25(37)33-7-5-31-12-33/h1-2,5,7,9,12-13H,3-4,6,8,10-11H2,(H2,30,32). The number of nitrogens with zero attached hydrogens (tertiary/aromatic N) is 5. The summed E-state index contributed by atoms with van der Waals surface area (Å²) in [6.45, 7) is 1.34. The molecule has 7 rings (SSSR count). The van der Waals surface area contributed by atoms with Gasteiger partial charge in [0.2, 0.25) is 0 Å². The predicted octanol–water partition coefficient (Wildman–Crippen LogP) is 5.30. The zero-order valence-electron chi connectivity index (χ0n) is 20.4. The normalized spacial score (nSPS) is 22.3. The average molecular weight is 587 g/mol. The monoisotopic (exact) mass is 586 g/mol. The summed E-state index contributed by atoms with van der Waals surface area (Å²) in [6, 6.07) is 4.16. The number of aromatic nitrogens is 3. The minimum Gasteiger partial charge on any atom is -0.491 e. The number of thiazole rings is 1. The fourth-order valence-corrected chi connectivity index (χ4v) is 7.55. The molecule has 2 aromatic carbocycles. The van der Waals surface area contributed by atoms with E-state index in [0.717, 1.165) is 17.8 Å². The molecule has 0 bridgehead atoms. The van der Waals surface area contributed by atoms with Gasteiger partial charge >= 0.3 is 6.03 Å². The maximum atomic E-state index is 14.4. The molecule has 2 unspecified atom stereocenters. The van der Waals surface area contributed by atoms with Crippen molar-refractivity contribution in [2.75, 3.05) is 25.4 Å². The molecule has 0 radical (unpaired) electrons. The van der Waals surface area contributed by atoms with E-state index in [1.165, 1.54) is 17.0 Å². The van der Waals surface area contributed by atoms with E-state index in [2.05, 4.69) is 9.97 Å². The first kappa shape index (κ1) is 24.6. The second-order valence-electron chi connectivity index (χ2n) is 10.1. The van der Waals surface area contributed by atoms with Crippen LogP contribution in [0.3, 0.4) is 0 Å². The Kier molecular flexibility index (Phi) is 5.56. The molecule has 4 aromatic rings. The van der Waals surface area contributed by atoms with E-state index in [1.807, 2.05) is 9.80 Å². The fourth-order valence-electron chi connectivity index (χ4n) is 6.08. The SMILES string of the molecule is Nc1nc2c(-c3c(Cl)cc4c(c3Cl)OCCC3CC5(CCN5C(=O)n5ccnc5)CN3C4=O)ccc(F)c2s1. The van der Waals surface area contributed by atoms with Crippen LogP contribution in [0.15, 0.2) is 36.9 Å². The first-order valence-electron chi connectivity index (χ1n) is 12.4. The lowest BCUT2D eigenvalue weighted by Crippen LogP contribution is -2.64. The van der Waals surface area contributed by atoms with E-state index in [4.69, 9.17) is 33.7 Å². The highest BCUT2D eigenvalue weighted by Crippen LogP contribution is 2.49. The minimum atomic E-state index is -0.446. The lowest BCUT2D eigenvalue weighted by Gasteiger charge is -2.50. The molecule has 13 heteroatoms. The predicted molar refractivity (Wildman–Crippen MR) is 146 cm³/mol. The smallest absolute Gasteiger partial charge is 0.329 e. The topological polar surface area (TPSA) is 107 Å². The maximum Gasteiger partial charge on any atom is 0.329 e. The van der Waals surface area contributed by atoms with Crippen molar-refractivity contribution in [2.24, 2.45) is 0 Å². The molecule has 3 aliphatic heterocycles. The molecule has 2 saturated heterocycles. The van der Waals surface area contributed by atoms with Crippen LogP contribution in [0.5, 0.6) is 5.75 Å². The fraction of sp³-hybridized carbons (Fsp3) is 0.308. The van der Waals surface area contributed by atoms with Crippen molar-refractivity contribution in [2.45, 2.75) is 30.8 Å². The largest absolute Gasteiger partial charge is 0.491 e. The van der Waals surface area contributed by atoms with Gasteiger partial charge in [0.05, 0.1) is 38.0 Å².